The molecule has 0 fully saturated rings. The van der Waals surface area contributed by atoms with Crippen LogP contribution in [0, 0.1) is 0 Å². The van der Waals surface area contributed by atoms with Crippen molar-refractivity contribution in [3.8, 4) is 16.9 Å². The number of hydrogen-bond acceptors (Lipinski definition) is 2. The molecule has 0 N–H and O–H groups in total. The van der Waals surface area contributed by atoms with Gasteiger partial charge in [0.1, 0.15) is 5.75 Å². The maximum absolute atomic E-state index is 12.2. The molecule has 0 radical (unpaired) electrons. The number of hydrogen-bond donors (Lipinski definition) is 0. The number of ether oxygens (including phenoxy) is 1. The average Bonchev–Trinajstić information content (AvgIpc) is 2.58. The number of rotatable bonds is 3. The molecule has 0 bridgehead atoms. The molecule has 23 heavy (non-hydrogen) atoms. The van der Waals surface area contributed by atoms with Gasteiger partial charge in [-0.1, -0.05) is 52.3 Å². The first kappa shape index (κ1) is 16.0. The number of carbonyl (C=O) groups excluding carboxylic acids is 1. The monoisotopic (exact) mass is 430 g/mol. The Balaban J connectivity index is 1.81. The third-order valence-corrected chi connectivity index (χ3v) is 4.47. The molecule has 0 saturated carbocycles. The summed E-state index contributed by atoms with van der Waals surface area (Å²) in [4.78, 5) is 12.2. The molecule has 114 valence electrons. The summed E-state index contributed by atoms with van der Waals surface area (Å²) in [5.74, 6) is 0.114. The summed E-state index contributed by atoms with van der Waals surface area (Å²) < 4.78 is 7.12. The van der Waals surface area contributed by atoms with Crippen LogP contribution in [0.5, 0.6) is 5.75 Å². The van der Waals surface area contributed by atoms with Crippen LogP contribution in [0.4, 0.5) is 0 Å². The molecule has 0 amide bonds. The molecule has 0 saturated heterocycles. The number of carbonyl (C=O) groups is 1. The van der Waals surface area contributed by atoms with E-state index in [1.54, 1.807) is 18.2 Å². The van der Waals surface area contributed by atoms with Crippen molar-refractivity contribution in [2.45, 2.75) is 0 Å². The Labute approximate surface area is 151 Å². The molecule has 0 unspecified atom stereocenters. The van der Waals surface area contributed by atoms with E-state index in [0.29, 0.717) is 11.3 Å². The van der Waals surface area contributed by atoms with E-state index in [4.69, 9.17) is 4.74 Å². The van der Waals surface area contributed by atoms with Crippen LogP contribution in [0.15, 0.2) is 81.7 Å². The zero-order valence-corrected chi connectivity index (χ0v) is 15.2. The Morgan fingerprint density at radius 2 is 1.48 bits per heavy atom. The summed E-state index contributed by atoms with van der Waals surface area (Å²) in [5.41, 5.74) is 2.67. The molecule has 0 heterocycles. The molecule has 0 aliphatic heterocycles. The standard InChI is InChI=1S/C19H12Br2O2/c20-16-9-6-14(7-10-16)19(22)23-18-11-8-15(12-17(18)21)13-4-2-1-3-5-13/h1-12H. The summed E-state index contributed by atoms with van der Waals surface area (Å²) in [6, 6.07) is 22.8. The summed E-state index contributed by atoms with van der Waals surface area (Å²) >= 11 is 6.82. The fourth-order valence-corrected chi connectivity index (χ4v) is 2.86. The topological polar surface area (TPSA) is 26.3 Å². The molecule has 0 aliphatic carbocycles. The fraction of sp³-hybridized carbons (Fsp3) is 0. The third kappa shape index (κ3) is 3.89. The first-order valence-electron chi connectivity index (χ1n) is 6.96. The van der Waals surface area contributed by atoms with Crippen molar-refractivity contribution >= 4 is 37.8 Å². The van der Waals surface area contributed by atoms with E-state index >= 15 is 0 Å². The lowest BCUT2D eigenvalue weighted by Crippen LogP contribution is -2.08. The Bertz CT molecular complexity index is 828. The van der Waals surface area contributed by atoms with Crippen LogP contribution < -0.4 is 4.74 Å². The van der Waals surface area contributed by atoms with Crippen LogP contribution in [0.25, 0.3) is 11.1 Å². The van der Waals surface area contributed by atoms with Crippen molar-refractivity contribution in [2.24, 2.45) is 0 Å². The van der Waals surface area contributed by atoms with Gasteiger partial charge in [0.15, 0.2) is 0 Å². The van der Waals surface area contributed by atoms with Gasteiger partial charge in [0, 0.05) is 4.47 Å². The van der Waals surface area contributed by atoms with Crippen molar-refractivity contribution in [3.05, 3.63) is 87.3 Å². The highest BCUT2D eigenvalue weighted by molar-refractivity contribution is 9.10. The molecule has 3 rings (SSSR count). The lowest BCUT2D eigenvalue weighted by atomic mass is 10.1. The molecular formula is C19H12Br2O2. The van der Waals surface area contributed by atoms with Crippen molar-refractivity contribution < 1.29 is 9.53 Å². The number of benzene rings is 3. The number of esters is 1. The van der Waals surface area contributed by atoms with Crippen molar-refractivity contribution in [2.75, 3.05) is 0 Å². The second kappa shape index (κ2) is 7.11. The Morgan fingerprint density at radius 3 is 2.13 bits per heavy atom. The van der Waals surface area contributed by atoms with Crippen molar-refractivity contribution in [1.82, 2.24) is 0 Å². The normalized spacial score (nSPS) is 10.3. The highest BCUT2D eigenvalue weighted by atomic mass is 79.9. The molecule has 0 atom stereocenters. The van der Waals surface area contributed by atoms with E-state index in [-0.39, 0.29) is 5.97 Å². The summed E-state index contributed by atoms with van der Waals surface area (Å²) in [6.45, 7) is 0. The van der Waals surface area contributed by atoms with Gasteiger partial charge in [-0.05, 0) is 63.5 Å². The lowest BCUT2D eigenvalue weighted by molar-refractivity contribution is 0.0733. The van der Waals surface area contributed by atoms with E-state index in [2.05, 4.69) is 31.9 Å². The minimum Gasteiger partial charge on any atom is -0.422 e. The van der Waals surface area contributed by atoms with Gasteiger partial charge < -0.3 is 4.74 Å². The van der Waals surface area contributed by atoms with E-state index < -0.39 is 0 Å². The van der Waals surface area contributed by atoms with Crippen LogP contribution in [-0.2, 0) is 0 Å². The van der Waals surface area contributed by atoms with Crippen LogP contribution in [-0.4, -0.2) is 5.97 Å². The SMILES string of the molecule is O=C(Oc1ccc(-c2ccccc2)cc1Br)c1ccc(Br)cc1. The summed E-state index contributed by atoms with van der Waals surface area (Å²) in [7, 11) is 0. The van der Waals surface area contributed by atoms with Crippen LogP contribution >= 0.6 is 31.9 Å². The zero-order chi connectivity index (χ0) is 16.2. The molecule has 3 aromatic carbocycles. The maximum Gasteiger partial charge on any atom is 0.343 e. The Hall–Kier alpha value is -1.91. The predicted molar refractivity (Wildman–Crippen MR) is 98.7 cm³/mol. The molecule has 3 aromatic rings. The third-order valence-electron chi connectivity index (χ3n) is 3.32. The van der Waals surface area contributed by atoms with Crippen LogP contribution in [0.2, 0.25) is 0 Å². The van der Waals surface area contributed by atoms with Gasteiger partial charge in [-0.2, -0.15) is 0 Å². The summed E-state index contributed by atoms with van der Waals surface area (Å²) in [6.07, 6.45) is 0. The van der Waals surface area contributed by atoms with Gasteiger partial charge in [0.25, 0.3) is 0 Å². The van der Waals surface area contributed by atoms with E-state index in [1.807, 2.05) is 54.6 Å². The van der Waals surface area contributed by atoms with Gasteiger partial charge >= 0.3 is 5.97 Å². The molecule has 0 aromatic heterocycles. The van der Waals surface area contributed by atoms with Crippen LogP contribution in [0.3, 0.4) is 0 Å². The van der Waals surface area contributed by atoms with Gasteiger partial charge in [-0.15, -0.1) is 0 Å². The summed E-state index contributed by atoms with van der Waals surface area (Å²) in [5, 5.41) is 0. The minimum atomic E-state index is -0.384. The zero-order valence-electron chi connectivity index (χ0n) is 12.0. The molecular weight excluding hydrogens is 420 g/mol. The van der Waals surface area contributed by atoms with Gasteiger partial charge in [-0.3, -0.25) is 0 Å². The molecule has 4 heteroatoms. The first-order chi connectivity index (χ1) is 11.1. The molecule has 2 nitrogen and oxygen atoms in total. The Morgan fingerprint density at radius 1 is 0.783 bits per heavy atom. The van der Waals surface area contributed by atoms with E-state index in [1.165, 1.54) is 0 Å². The number of halogens is 2. The molecule has 0 spiro atoms. The van der Waals surface area contributed by atoms with Crippen LogP contribution in [0.1, 0.15) is 10.4 Å². The second-order valence-electron chi connectivity index (χ2n) is 4.91. The lowest BCUT2D eigenvalue weighted by Gasteiger charge is -2.09. The van der Waals surface area contributed by atoms with E-state index in [0.717, 1.165) is 20.1 Å². The largest absolute Gasteiger partial charge is 0.422 e. The maximum atomic E-state index is 12.2. The highest BCUT2D eigenvalue weighted by Crippen LogP contribution is 2.31. The minimum absolute atomic E-state index is 0.384. The second-order valence-corrected chi connectivity index (χ2v) is 6.68. The van der Waals surface area contributed by atoms with Gasteiger partial charge in [0.05, 0.1) is 10.0 Å². The highest BCUT2D eigenvalue weighted by Gasteiger charge is 2.11. The van der Waals surface area contributed by atoms with E-state index in [9.17, 15) is 4.79 Å². The first-order valence-corrected chi connectivity index (χ1v) is 8.55. The quantitative estimate of drug-likeness (QED) is 0.370. The average molecular weight is 432 g/mol. The van der Waals surface area contributed by atoms with Gasteiger partial charge in [-0.25, -0.2) is 4.79 Å². The predicted octanol–water partition coefficient (Wildman–Crippen LogP) is 6.10. The smallest absolute Gasteiger partial charge is 0.343 e. The van der Waals surface area contributed by atoms with Crippen molar-refractivity contribution in [1.29, 1.82) is 0 Å². The molecule has 0 aliphatic rings. The fourth-order valence-electron chi connectivity index (χ4n) is 2.14. The van der Waals surface area contributed by atoms with Gasteiger partial charge in [0.2, 0.25) is 0 Å². The van der Waals surface area contributed by atoms with Crippen molar-refractivity contribution in [3.63, 3.8) is 0 Å². The Kier molecular flexibility index (Phi) is 4.94.